The molecule has 0 saturated heterocycles. The van der Waals surface area contributed by atoms with Crippen LogP contribution in [-0.2, 0) is 6.61 Å². The van der Waals surface area contributed by atoms with Gasteiger partial charge in [-0.3, -0.25) is 0 Å². The van der Waals surface area contributed by atoms with Gasteiger partial charge < -0.3 is 15.3 Å². The van der Waals surface area contributed by atoms with Crippen LogP contribution in [0, 0.1) is 5.92 Å². The summed E-state index contributed by atoms with van der Waals surface area (Å²) >= 11 is 0. The number of nitrogens with two attached hydrogens (primary N) is 1. The van der Waals surface area contributed by atoms with Crippen LogP contribution in [0.5, 0.6) is 0 Å². The Kier molecular flexibility index (Phi) is 1.90. The van der Waals surface area contributed by atoms with Gasteiger partial charge in [-0.15, -0.1) is 0 Å². The fraction of sp³-hybridized carbons (Fsp3) is 0.556. The first-order valence-corrected chi connectivity index (χ1v) is 4.26. The maximum absolute atomic E-state index is 8.75. The van der Waals surface area contributed by atoms with Crippen molar-refractivity contribution in [1.29, 1.82) is 0 Å². The topological polar surface area (TPSA) is 59.4 Å². The van der Waals surface area contributed by atoms with Crippen LogP contribution in [0.1, 0.15) is 30.4 Å². The zero-order valence-electron chi connectivity index (χ0n) is 6.86. The number of hydrogen-bond donors (Lipinski definition) is 2. The normalized spacial score (nSPS) is 19.5. The molecule has 1 aromatic rings. The van der Waals surface area contributed by atoms with Crippen LogP contribution < -0.4 is 5.73 Å². The van der Waals surface area contributed by atoms with Gasteiger partial charge in [-0.1, -0.05) is 0 Å². The van der Waals surface area contributed by atoms with Gasteiger partial charge in [0.25, 0.3) is 0 Å². The molecule has 3 heteroatoms. The summed E-state index contributed by atoms with van der Waals surface area (Å²) in [5, 5.41) is 8.75. The fourth-order valence-electron chi connectivity index (χ4n) is 1.35. The monoisotopic (exact) mass is 167 g/mol. The first-order valence-electron chi connectivity index (χ1n) is 4.26. The molecule has 1 aliphatic rings. The summed E-state index contributed by atoms with van der Waals surface area (Å²) in [6, 6.07) is 3.66. The first kappa shape index (κ1) is 7.83. The van der Waals surface area contributed by atoms with E-state index >= 15 is 0 Å². The SMILES string of the molecule is N[C@H](c1ccc(CO)o1)C1CC1. The van der Waals surface area contributed by atoms with Crippen molar-refractivity contribution in [1.82, 2.24) is 0 Å². The Morgan fingerprint density at radius 2 is 2.33 bits per heavy atom. The molecule has 0 amide bonds. The van der Waals surface area contributed by atoms with Gasteiger partial charge >= 0.3 is 0 Å². The summed E-state index contributed by atoms with van der Waals surface area (Å²) in [7, 11) is 0. The molecule has 1 aromatic heterocycles. The van der Waals surface area contributed by atoms with Gasteiger partial charge in [0, 0.05) is 0 Å². The van der Waals surface area contributed by atoms with E-state index in [1.54, 1.807) is 6.07 Å². The van der Waals surface area contributed by atoms with Gasteiger partial charge in [-0.2, -0.15) is 0 Å². The van der Waals surface area contributed by atoms with E-state index in [1.165, 1.54) is 12.8 Å². The molecule has 1 atom stereocenters. The lowest BCUT2D eigenvalue weighted by atomic mass is 10.1. The molecule has 1 heterocycles. The predicted octanol–water partition coefficient (Wildman–Crippen LogP) is 1.18. The maximum Gasteiger partial charge on any atom is 0.129 e. The number of rotatable bonds is 3. The van der Waals surface area contributed by atoms with E-state index in [1.807, 2.05) is 6.07 Å². The highest BCUT2D eigenvalue weighted by Gasteiger charge is 2.31. The summed E-state index contributed by atoms with van der Waals surface area (Å²) in [6.45, 7) is -0.0443. The van der Waals surface area contributed by atoms with Gasteiger partial charge in [0.2, 0.25) is 0 Å². The molecule has 0 spiro atoms. The summed E-state index contributed by atoms with van der Waals surface area (Å²) in [5.74, 6) is 2.00. The van der Waals surface area contributed by atoms with Crippen molar-refractivity contribution in [3.8, 4) is 0 Å². The van der Waals surface area contributed by atoms with Crippen molar-refractivity contribution in [3.05, 3.63) is 23.7 Å². The average Bonchev–Trinajstić information content (AvgIpc) is 2.82. The molecular weight excluding hydrogens is 154 g/mol. The van der Waals surface area contributed by atoms with Gasteiger partial charge in [0.1, 0.15) is 18.1 Å². The third-order valence-corrected chi connectivity index (χ3v) is 2.30. The Morgan fingerprint density at radius 1 is 1.58 bits per heavy atom. The zero-order chi connectivity index (χ0) is 8.55. The van der Waals surface area contributed by atoms with E-state index in [0.717, 1.165) is 5.76 Å². The Hall–Kier alpha value is -0.800. The molecule has 0 aliphatic heterocycles. The molecule has 0 aromatic carbocycles. The lowest BCUT2D eigenvalue weighted by Crippen LogP contribution is -2.10. The van der Waals surface area contributed by atoms with Crippen molar-refractivity contribution >= 4 is 0 Å². The maximum atomic E-state index is 8.75. The minimum absolute atomic E-state index is 0.0327. The molecule has 0 unspecified atom stereocenters. The Labute approximate surface area is 71.2 Å². The predicted molar refractivity (Wildman–Crippen MR) is 44.3 cm³/mol. The second-order valence-electron chi connectivity index (χ2n) is 3.33. The zero-order valence-corrected chi connectivity index (χ0v) is 6.86. The molecule has 3 nitrogen and oxygen atoms in total. The average molecular weight is 167 g/mol. The van der Waals surface area contributed by atoms with E-state index in [2.05, 4.69) is 0 Å². The highest BCUT2D eigenvalue weighted by molar-refractivity contribution is 5.12. The van der Waals surface area contributed by atoms with Crippen LogP contribution in [0.3, 0.4) is 0 Å². The van der Waals surface area contributed by atoms with Crippen molar-refractivity contribution in [2.75, 3.05) is 0 Å². The van der Waals surface area contributed by atoms with Crippen molar-refractivity contribution in [3.63, 3.8) is 0 Å². The standard InChI is InChI=1S/C9H13NO2/c10-9(6-1-2-6)8-4-3-7(5-11)12-8/h3-4,6,9,11H,1-2,5,10H2/t9-/m0/s1. The summed E-state index contributed by atoms with van der Waals surface area (Å²) in [4.78, 5) is 0. The lowest BCUT2D eigenvalue weighted by Gasteiger charge is -2.04. The quantitative estimate of drug-likeness (QED) is 0.710. The van der Waals surface area contributed by atoms with E-state index in [-0.39, 0.29) is 12.6 Å². The molecule has 1 fully saturated rings. The van der Waals surface area contributed by atoms with Crippen LogP contribution in [-0.4, -0.2) is 5.11 Å². The molecule has 12 heavy (non-hydrogen) atoms. The highest BCUT2D eigenvalue weighted by Crippen LogP contribution is 2.39. The van der Waals surface area contributed by atoms with Crippen LogP contribution in [0.2, 0.25) is 0 Å². The molecule has 1 saturated carbocycles. The van der Waals surface area contributed by atoms with E-state index in [0.29, 0.717) is 11.7 Å². The van der Waals surface area contributed by atoms with Crippen molar-refractivity contribution in [2.24, 2.45) is 11.7 Å². The van der Waals surface area contributed by atoms with Gasteiger partial charge in [0.15, 0.2) is 0 Å². The largest absolute Gasteiger partial charge is 0.462 e. The fourth-order valence-corrected chi connectivity index (χ4v) is 1.35. The van der Waals surface area contributed by atoms with E-state index < -0.39 is 0 Å². The van der Waals surface area contributed by atoms with Gasteiger partial charge in [-0.25, -0.2) is 0 Å². The van der Waals surface area contributed by atoms with E-state index in [4.69, 9.17) is 15.3 Å². The number of furan rings is 1. The molecular formula is C9H13NO2. The van der Waals surface area contributed by atoms with Crippen LogP contribution >= 0.6 is 0 Å². The molecule has 3 N–H and O–H groups in total. The summed E-state index contributed by atoms with van der Waals surface area (Å²) in [5.41, 5.74) is 5.89. The first-order chi connectivity index (χ1) is 5.81. The number of aliphatic hydroxyl groups excluding tert-OH is 1. The Bertz CT molecular complexity index is 265. The third-order valence-electron chi connectivity index (χ3n) is 2.30. The molecule has 0 bridgehead atoms. The van der Waals surface area contributed by atoms with Crippen molar-refractivity contribution < 1.29 is 9.52 Å². The highest BCUT2D eigenvalue weighted by atomic mass is 16.4. The second kappa shape index (κ2) is 2.92. The van der Waals surface area contributed by atoms with E-state index in [9.17, 15) is 0 Å². The molecule has 2 rings (SSSR count). The third kappa shape index (κ3) is 1.38. The second-order valence-corrected chi connectivity index (χ2v) is 3.33. The molecule has 1 aliphatic carbocycles. The minimum Gasteiger partial charge on any atom is -0.462 e. The van der Waals surface area contributed by atoms with Crippen LogP contribution in [0.4, 0.5) is 0 Å². The summed E-state index contributed by atoms with van der Waals surface area (Å²) < 4.78 is 5.32. The van der Waals surface area contributed by atoms with Gasteiger partial charge in [0.05, 0.1) is 6.04 Å². The van der Waals surface area contributed by atoms with Crippen molar-refractivity contribution in [2.45, 2.75) is 25.5 Å². The van der Waals surface area contributed by atoms with Crippen LogP contribution in [0.15, 0.2) is 16.5 Å². The summed E-state index contributed by atoms with van der Waals surface area (Å²) in [6.07, 6.45) is 2.41. The number of aliphatic hydroxyl groups is 1. The Balaban J connectivity index is 2.10. The minimum atomic E-state index is -0.0443. The molecule has 66 valence electrons. The van der Waals surface area contributed by atoms with Gasteiger partial charge in [-0.05, 0) is 30.9 Å². The smallest absolute Gasteiger partial charge is 0.129 e. The number of hydrogen-bond acceptors (Lipinski definition) is 3. The van der Waals surface area contributed by atoms with Crippen LogP contribution in [0.25, 0.3) is 0 Å². The lowest BCUT2D eigenvalue weighted by molar-refractivity contribution is 0.240. The Morgan fingerprint density at radius 3 is 2.83 bits per heavy atom. The molecule has 0 radical (unpaired) electrons.